The molecule has 2 rings (SSSR count). The average Bonchev–Trinajstić information content (AvgIpc) is 2.50. The number of nitrogens with one attached hydrogen (secondary N) is 1. The first-order valence-corrected chi connectivity index (χ1v) is 6.95. The van der Waals surface area contributed by atoms with Gasteiger partial charge in [0, 0.05) is 20.0 Å². The van der Waals surface area contributed by atoms with Crippen molar-refractivity contribution in [2.75, 3.05) is 6.54 Å². The predicted octanol–water partition coefficient (Wildman–Crippen LogP) is 0.728. The van der Waals surface area contributed by atoms with E-state index in [1.54, 1.807) is 16.5 Å². The minimum atomic E-state index is -0.469. The van der Waals surface area contributed by atoms with Crippen molar-refractivity contribution in [3.63, 3.8) is 0 Å². The molecule has 1 atom stereocenters. The molecule has 0 radical (unpaired) electrons. The molecule has 2 amide bonds. The molecule has 1 fully saturated rings. The molecule has 1 saturated heterocycles. The Labute approximate surface area is 120 Å². The van der Waals surface area contributed by atoms with E-state index in [1.807, 2.05) is 14.0 Å². The molecule has 19 heavy (non-hydrogen) atoms. The Morgan fingerprint density at radius 1 is 1.47 bits per heavy atom. The Morgan fingerprint density at radius 2 is 2.16 bits per heavy atom. The van der Waals surface area contributed by atoms with Crippen LogP contribution >= 0.6 is 15.9 Å². The van der Waals surface area contributed by atoms with Gasteiger partial charge in [0.15, 0.2) is 0 Å². The number of carbonyl (C=O) groups is 2. The van der Waals surface area contributed by atoms with Crippen molar-refractivity contribution in [1.29, 1.82) is 0 Å². The third-order valence-corrected chi connectivity index (χ3v) is 4.30. The van der Waals surface area contributed by atoms with Crippen molar-refractivity contribution >= 4 is 27.7 Å². The van der Waals surface area contributed by atoms with E-state index in [0.717, 1.165) is 15.9 Å². The summed E-state index contributed by atoms with van der Waals surface area (Å²) in [5.41, 5.74) is 1.83. The summed E-state index contributed by atoms with van der Waals surface area (Å²) >= 11 is 3.49. The molecule has 0 aromatic carbocycles. The second-order valence-electron chi connectivity index (χ2n) is 4.77. The van der Waals surface area contributed by atoms with E-state index in [9.17, 15) is 9.59 Å². The van der Waals surface area contributed by atoms with E-state index in [2.05, 4.69) is 26.3 Å². The summed E-state index contributed by atoms with van der Waals surface area (Å²) < 4.78 is 2.68. The van der Waals surface area contributed by atoms with Gasteiger partial charge in [0.25, 0.3) is 0 Å². The average molecular weight is 329 g/mol. The van der Waals surface area contributed by atoms with Crippen LogP contribution in [-0.4, -0.2) is 39.1 Å². The summed E-state index contributed by atoms with van der Waals surface area (Å²) in [4.78, 5) is 25.3. The Balaban J connectivity index is 2.21. The van der Waals surface area contributed by atoms with Gasteiger partial charge in [0.2, 0.25) is 11.8 Å². The molecule has 7 heteroatoms. The highest BCUT2D eigenvalue weighted by atomic mass is 79.9. The largest absolute Gasteiger partial charge is 0.345 e. The van der Waals surface area contributed by atoms with Crippen LogP contribution in [-0.2, 0) is 23.2 Å². The van der Waals surface area contributed by atoms with Gasteiger partial charge in [-0.2, -0.15) is 5.10 Å². The molecule has 2 heterocycles. The standard InChI is InChI=1S/C12H17BrN4O2/c1-7-11(13)9(16(3)15-7)6-17-5-4-10(18)14-8(2)12(17)19/h8H,4-6H2,1-3H3,(H,14,18). The van der Waals surface area contributed by atoms with Crippen LogP contribution in [0.2, 0.25) is 0 Å². The molecule has 1 aromatic heterocycles. The molecule has 104 valence electrons. The van der Waals surface area contributed by atoms with Crippen LogP contribution in [0.25, 0.3) is 0 Å². The minimum Gasteiger partial charge on any atom is -0.345 e. The van der Waals surface area contributed by atoms with Crippen LogP contribution in [0.15, 0.2) is 4.47 Å². The van der Waals surface area contributed by atoms with E-state index < -0.39 is 6.04 Å². The molecule has 0 aliphatic carbocycles. The summed E-state index contributed by atoms with van der Waals surface area (Å²) in [5.74, 6) is -0.139. The normalized spacial score (nSPS) is 20.4. The van der Waals surface area contributed by atoms with Crippen molar-refractivity contribution in [2.24, 2.45) is 7.05 Å². The molecule has 0 spiro atoms. The lowest BCUT2D eigenvalue weighted by Gasteiger charge is -2.22. The summed E-state index contributed by atoms with van der Waals surface area (Å²) in [5, 5.41) is 6.99. The maximum Gasteiger partial charge on any atom is 0.245 e. The molecule has 1 aliphatic heterocycles. The molecule has 1 aliphatic rings. The van der Waals surface area contributed by atoms with Crippen LogP contribution in [0.5, 0.6) is 0 Å². The van der Waals surface area contributed by atoms with Crippen molar-refractivity contribution in [1.82, 2.24) is 20.0 Å². The molecular weight excluding hydrogens is 312 g/mol. The summed E-state index contributed by atoms with van der Waals surface area (Å²) in [6.45, 7) is 4.51. The number of halogens is 1. The van der Waals surface area contributed by atoms with Crippen LogP contribution in [0.3, 0.4) is 0 Å². The van der Waals surface area contributed by atoms with Gasteiger partial charge < -0.3 is 10.2 Å². The Kier molecular flexibility index (Phi) is 3.93. The van der Waals surface area contributed by atoms with Crippen LogP contribution < -0.4 is 5.32 Å². The first-order chi connectivity index (χ1) is 8.90. The number of nitrogens with zero attached hydrogens (tertiary/aromatic N) is 3. The maximum atomic E-state index is 12.2. The SMILES string of the molecule is Cc1nn(C)c(CN2CCC(=O)NC(C)C2=O)c1Br. The molecule has 0 bridgehead atoms. The van der Waals surface area contributed by atoms with Gasteiger partial charge >= 0.3 is 0 Å². The topological polar surface area (TPSA) is 67.2 Å². The highest BCUT2D eigenvalue weighted by Crippen LogP contribution is 2.22. The number of aromatic nitrogens is 2. The Bertz CT molecular complexity index is 526. The van der Waals surface area contributed by atoms with Crippen molar-refractivity contribution < 1.29 is 9.59 Å². The Morgan fingerprint density at radius 3 is 2.74 bits per heavy atom. The zero-order valence-corrected chi connectivity index (χ0v) is 12.8. The lowest BCUT2D eigenvalue weighted by Crippen LogP contribution is -2.42. The lowest BCUT2D eigenvalue weighted by molar-refractivity contribution is -0.133. The third-order valence-electron chi connectivity index (χ3n) is 3.27. The second kappa shape index (κ2) is 5.32. The molecule has 1 N–H and O–H groups in total. The second-order valence-corrected chi connectivity index (χ2v) is 5.56. The summed E-state index contributed by atoms with van der Waals surface area (Å²) in [6.07, 6.45) is 0.338. The fraction of sp³-hybridized carbons (Fsp3) is 0.583. The van der Waals surface area contributed by atoms with Gasteiger partial charge in [-0.25, -0.2) is 0 Å². The zero-order chi connectivity index (χ0) is 14.2. The number of carbonyl (C=O) groups excluding carboxylic acids is 2. The van der Waals surface area contributed by atoms with Crippen LogP contribution in [0, 0.1) is 6.92 Å². The molecule has 6 nitrogen and oxygen atoms in total. The number of hydrogen-bond donors (Lipinski definition) is 1. The van der Waals surface area contributed by atoms with Crippen molar-refractivity contribution in [2.45, 2.75) is 32.9 Å². The van der Waals surface area contributed by atoms with Crippen molar-refractivity contribution in [3.05, 3.63) is 15.9 Å². The van der Waals surface area contributed by atoms with Gasteiger partial charge in [-0.1, -0.05) is 0 Å². The van der Waals surface area contributed by atoms with E-state index in [0.29, 0.717) is 19.5 Å². The van der Waals surface area contributed by atoms with E-state index >= 15 is 0 Å². The Hall–Kier alpha value is -1.37. The number of aryl methyl sites for hydroxylation is 2. The molecule has 1 aromatic rings. The fourth-order valence-corrected chi connectivity index (χ4v) is 2.65. The van der Waals surface area contributed by atoms with Crippen molar-refractivity contribution in [3.8, 4) is 0 Å². The van der Waals surface area contributed by atoms with Gasteiger partial charge in [-0.05, 0) is 29.8 Å². The number of amides is 2. The van der Waals surface area contributed by atoms with E-state index in [4.69, 9.17) is 0 Å². The third kappa shape index (κ3) is 2.80. The molecule has 1 unspecified atom stereocenters. The summed E-state index contributed by atoms with van der Waals surface area (Å²) in [7, 11) is 1.85. The highest BCUT2D eigenvalue weighted by Gasteiger charge is 2.27. The summed E-state index contributed by atoms with van der Waals surface area (Å²) in [6, 6.07) is -0.469. The highest BCUT2D eigenvalue weighted by molar-refractivity contribution is 9.10. The number of hydrogen-bond acceptors (Lipinski definition) is 3. The fourth-order valence-electron chi connectivity index (χ4n) is 2.19. The molecular formula is C12H17BrN4O2. The number of rotatable bonds is 2. The molecule has 0 saturated carbocycles. The van der Waals surface area contributed by atoms with Crippen LogP contribution in [0.4, 0.5) is 0 Å². The van der Waals surface area contributed by atoms with Gasteiger partial charge in [0.1, 0.15) is 6.04 Å². The lowest BCUT2D eigenvalue weighted by atomic mass is 10.2. The first-order valence-electron chi connectivity index (χ1n) is 6.16. The smallest absolute Gasteiger partial charge is 0.245 e. The van der Waals surface area contributed by atoms with E-state index in [1.165, 1.54) is 0 Å². The van der Waals surface area contributed by atoms with Crippen LogP contribution in [0.1, 0.15) is 24.7 Å². The zero-order valence-electron chi connectivity index (χ0n) is 11.2. The van der Waals surface area contributed by atoms with Gasteiger partial charge in [0.05, 0.1) is 22.4 Å². The monoisotopic (exact) mass is 328 g/mol. The maximum absolute atomic E-state index is 12.2. The minimum absolute atomic E-state index is 0.0587. The van der Waals surface area contributed by atoms with E-state index in [-0.39, 0.29) is 11.8 Å². The van der Waals surface area contributed by atoms with Gasteiger partial charge in [-0.15, -0.1) is 0 Å². The quantitative estimate of drug-likeness (QED) is 0.870. The first kappa shape index (κ1) is 14.0. The van der Waals surface area contributed by atoms with Gasteiger partial charge in [-0.3, -0.25) is 14.3 Å². The predicted molar refractivity (Wildman–Crippen MR) is 73.3 cm³/mol.